The van der Waals surface area contributed by atoms with Crippen molar-refractivity contribution in [2.24, 2.45) is 0 Å². The summed E-state index contributed by atoms with van der Waals surface area (Å²) in [5.41, 5.74) is -1.26. The van der Waals surface area contributed by atoms with E-state index in [9.17, 15) is 18.0 Å². The van der Waals surface area contributed by atoms with Crippen LogP contribution < -0.4 is 5.56 Å². The van der Waals surface area contributed by atoms with Crippen LogP contribution in [0.25, 0.3) is 11.4 Å². The van der Waals surface area contributed by atoms with Crippen molar-refractivity contribution in [1.82, 2.24) is 19.7 Å². The fourth-order valence-electron chi connectivity index (χ4n) is 1.95. The van der Waals surface area contributed by atoms with Crippen LogP contribution in [0.15, 0.2) is 46.1 Å². The summed E-state index contributed by atoms with van der Waals surface area (Å²) in [6.07, 6.45) is -0.909. The quantitative estimate of drug-likeness (QED) is 0.721. The summed E-state index contributed by atoms with van der Waals surface area (Å²) in [5, 5.41) is 3.16. The highest BCUT2D eigenvalue weighted by Crippen LogP contribution is 2.29. The smallest absolute Gasteiger partial charge is 0.337 e. The number of rotatable bonds is 3. The van der Waals surface area contributed by atoms with E-state index in [4.69, 9.17) is 16.1 Å². The van der Waals surface area contributed by atoms with Gasteiger partial charge in [0.05, 0.1) is 5.56 Å². The first kappa shape index (κ1) is 16.2. The maximum atomic E-state index is 12.8. The molecule has 0 radical (unpaired) electrons. The third-order valence-electron chi connectivity index (χ3n) is 3.06. The van der Waals surface area contributed by atoms with Gasteiger partial charge in [-0.15, -0.1) is 0 Å². The van der Waals surface area contributed by atoms with Gasteiger partial charge in [-0.3, -0.25) is 9.78 Å². The van der Waals surface area contributed by atoms with Gasteiger partial charge < -0.3 is 9.09 Å². The summed E-state index contributed by atoms with van der Waals surface area (Å²) >= 11 is 5.58. The molecule has 0 amide bonds. The molecule has 0 spiro atoms. The molecule has 0 saturated heterocycles. The molecule has 3 heterocycles. The van der Waals surface area contributed by atoms with Crippen molar-refractivity contribution >= 4 is 11.6 Å². The number of hydrogen-bond donors (Lipinski definition) is 0. The van der Waals surface area contributed by atoms with E-state index >= 15 is 0 Å². The van der Waals surface area contributed by atoms with Gasteiger partial charge in [0.1, 0.15) is 11.6 Å². The largest absolute Gasteiger partial charge is 0.417 e. The second-order valence-electron chi connectivity index (χ2n) is 4.76. The normalized spacial score (nSPS) is 11.7. The average molecular weight is 357 g/mol. The third-order valence-corrected chi connectivity index (χ3v) is 3.33. The molecule has 3 aromatic rings. The van der Waals surface area contributed by atoms with Gasteiger partial charge in [-0.1, -0.05) is 16.8 Å². The lowest BCUT2D eigenvalue weighted by Gasteiger charge is -2.10. The summed E-state index contributed by atoms with van der Waals surface area (Å²) in [6.45, 7) is -0.338. The highest BCUT2D eigenvalue weighted by Gasteiger charge is 2.32. The van der Waals surface area contributed by atoms with E-state index < -0.39 is 22.3 Å². The minimum Gasteiger partial charge on any atom is -0.337 e. The topological polar surface area (TPSA) is 73.8 Å². The summed E-state index contributed by atoms with van der Waals surface area (Å²) in [4.78, 5) is 19.8. The first-order valence-corrected chi connectivity index (χ1v) is 6.92. The summed E-state index contributed by atoms with van der Waals surface area (Å²) in [6, 6.07) is 3.94. The van der Waals surface area contributed by atoms with E-state index in [-0.39, 0.29) is 18.3 Å². The van der Waals surface area contributed by atoms with Crippen molar-refractivity contribution < 1.29 is 17.7 Å². The minimum absolute atomic E-state index is 0.0358. The molecule has 0 fully saturated rings. The number of hydrogen-bond acceptors (Lipinski definition) is 5. The van der Waals surface area contributed by atoms with Crippen LogP contribution in [-0.2, 0) is 12.7 Å². The number of alkyl halides is 3. The van der Waals surface area contributed by atoms with Crippen LogP contribution in [0, 0.1) is 0 Å². The van der Waals surface area contributed by atoms with Crippen LogP contribution in [0.2, 0.25) is 5.02 Å². The van der Waals surface area contributed by atoms with E-state index in [1.54, 1.807) is 18.3 Å². The second-order valence-corrected chi connectivity index (χ2v) is 5.17. The number of halogens is 4. The van der Waals surface area contributed by atoms with Gasteiger partial charge in [-0.25, -0.2) is 0 Å². The number of aromatic nitrogens is 4. The zero-order valence-corrected chi connectivity index (χ0v) is 12.5. The van der Waals surface area contributed by atoms with Crippen molar-refractivity contribution in [1.29, 1.82) is 0 Å². The van der Waals surface area contributed by atoms with Crippen LogP contribution in [0.1, 0.15) is 11.5 Å². The molecule has 0 N–H and O–H groups in total. The fraction of sp³-hybridized carbons (Fsp3) is 0.143. The first-order chi connectivity index (χ1) is 11.3. The molecule has 0 aliphatic heterocycles. The summed E-state index contributed by atoms with van der Waals surface area (Å²) in [7, 11) is 0. The van der Waals surface area contributed by atoms with Crippen LogP contribution in [-0.4, -0.2) is 19.7 Å². The molecule has 0 aliphatic rings. The maximum absolute atomic E-state index is 12.8. The van der Waals surface area contributed by atoms with Crippen molar-refractivity contribution in [3.8, 4) is 11.4 Å². The van der Waals surface area contributed by atoms with Gasteiger partial charge in [0.25, 0.3) is 5.56 Å². The molecule has 3 rings (SSSR count). The van der Waals surface area contributed by atoms with Gasteiger partial charge in [0.2, 0.25) is 11.7 Å². The average Bonchev–Trinajstić information content (AvgIpc) is 3.00. The molecule has 0 atom stereocenters. The molecular weight excluding hydrogens is 349 g/mol. The lowest BCUT2D eigenvalue weighted by atomic mass is 10.2. The Morgan fingerprint density at radius 3 is 2.79 bits per heavy atom. The van der Waals surface area contributed by atoms with Gasteiger partial charge in [-0.2, -0.15) is 18.2 Å². The summed E-state index contributed by atoms with van der Waals surface area (Å²) in [5.74, 6) is 0.176. The molecule has 24 heavy (non-hydrogen) atoms. The second kappa shape index (κ2) is 6.08. The maximum Gasteiger partial charge on any atom is 0.417 e. The Morgan fingerprint density at radius 1 is 1.33 bits per heavy atom. The van der Waals surface area contributed by atoms with Gasteiger partial charge >= 0.3 is 6.18 Å². The highest BCUT2D eigenvalue weighted by molar-refractivity contribution is 6.30. The van der Waals surface area contributed by atoms with Gasteiger partial charge in [0.15, 0.2) is 0 Å². The Morgan fingerprint density at radius 2 is 2.12 bits per heavy atom. The lowest BCUT2D eigenvalue weighted by molar-refractivity contribution is -0.138. The van der Waals surface area contributed by atoms with Crippen LogP contribution in [0.5, 0.6) is 0 Å². The molecule has 10 heteroatoms. The molecule has 0 bridgehead atoms. The standard InChI is InChI=1S/C14H8ClF3N4O2/c15-10-4-9(14(16,17)18)6-22(13(10)23)7-11-20-12(21-24-11)8-2-1-3-19-5-8/h1-6H,7H2. The fourth-order valence-corrected chi connectivity index (χ4v) is 2.17. The van der Waals surface area contributed by atoms with Gasteiger partial charge in [-0.05, 0) is 18.2 Å². The van der Waals surface area contributed by atoms with E-state index in [0.29, 0.717) is 17.8 Å². The zero-order chi connectivity index (χ0) is 17.3. The SMILES string of the molecule is O=c1c(Cl)cc(C(F)(F)F)cn1Cc1nc(-c2cccnc2)no1. The predicted octanol–water partition coefficient (Wildman–Crippen LogP) is 3.01. The molecule has 0 aromatic carbocycles. The molecule has 124 valence electrons. The first-order valence-electron chi connectivity index (χ1n) is 6.55. The number of nitrogens with zero attached hydrogens (tertiary/aromatic N) is 4. The van der Waals surface area contributed by atoms with Crippen LogP contribution in [0.3, 0.4) is 0 Å². The molecule has 0 unspecified atom stereocenters. The van der Waals surface area contributed by atoms with Crippen molar-refractivity contribution in [2.75, 3.05) is 0 Å². The Hall–Kier alpha value is -2.68. The van der Waals surface area contributed by atoms with E-state index in [2.05, 4.69) is 15.1 Å². The predicted molar refractivity (Wildman–Crippen MR) is 77.3 cm³/mol. The van der Waals surface area contributed by atoms with E-state index in [0.717, 1.165) is 4.57 Å². The Balaban J connectivity index is 1.93. The van der Waals surface area contributed by atoms with Crippen molar-refractivity contribution in [3.05, 3.63) is 63.6 Å². The minimum atomic E-state index is -4.63. The molecule has 3 aromatic heterocycles. The van der Waals surface area contributed by atoms with E-state index in [1.165, 1.54) is 6.20 Å². The lowest BCUT2D eigenvalue weighted by Crippen LogP contribution is -2.23. The Labute approximate surface area is 137 Å². The van der Waals surface area contributed by atoms with Crippen LogP contribution >= 0.6 is 11.6 Å². The Bertz CT molecular complexity index is 922. The van der Waals surface area contributed by atoms with E-state index in [1.807, 2.05) is 0 Å². The molecular formula is C14H8ClF3N4O2. The Kier molecular flexibility index (Phi) is 4.10. The molecule has 6 nitrogen and oxygen atoms in total. The highest BCUT2D eigenvalue weighted by atomic mass is 35.5. The van der Waals surface area contributed by atoms with Crippen molar-refractivity contribution in [3.63, 3.8) is 0 Å². The van der Waals surface area contributed by atoms with Gasteiger partial charge in [0, 0.05) is 24.2 Å². The summed E-state index contributed by atoms with van der Waals surface area (Å²) < 4.78 is 44.2. The van der Waals surface area contributed by atoms with Crippen molar-refractivity contribution in [2.45, 2.75) is 12.7 Å². The molecule has 0 aliphatic carbocycles. The monoisotopic (exact) mass is 356 g/mol. The zero-order valence-electron chi connectivity index (χ0n) is 11.8. The third kappa shape index (κ3) is 3.30. The number of pyridine rings is 2. The molecule has 0 saturated carbocycles. The van der Waals surface area contributed by atoms with Crippen LogP contribution in [0.4, 0.5) is 13.2 Å².